The number of methoxy groups -OCH3 is 1. The normalized spacial score (nSPS) is 12.6. The van der Waals surface area contributed by atoms with Crippen molar-refractivity contribution in [1.82, 2.24) is 15.3 Å². The summed E-state index contributed by atoms with van der Waals surface area (Å²) in [5, 5.41) is 5.27. The van der Waals surface area contributed by atoms with Crippen LogP contribution in [0.25, 0.3) is 11.1 Å². The maximum atomic E-state index is 12.7. The number of rotatable bonds is 4. The number of urea groups is 1. The lowest BCUT2D eigenvalue weighted by atomic mass is 10.1. The van der Waals surface area contributed by atoms with Gasteiger partial charge >= 0.3 is 18.1 Å². The third kappa shape index (κ3) is 4.10. The van der Waals surface area contributed by atoms with E-state index in [0.717, 1.165) is 5.56 Å². The lowest BCUT2D eigenvalue weighted by Crippen LogP contribution is -2.31. The van der Waals surface area contributed by atoms with Gasteiger partial charge in [0.15, 0.2) is 5.58 Å². The number of fused-ring (bicyclic) bond motifs is 1. The number of benzene rings is 1. The number of halogens is 3. The first-order chi connectivity index (χ1) is 12.8. The van der Waals surface area contributed by atoms with Gasteiger partial charge in [0.25, 0.3) is 0 Å². The van der Waals surface area contributed by atoms with Crippen molar-refractivity contribution in [3.05, 3.63) is 48.1 Å². The van der Waals surface area contributed by atoms with E-state index in [1.807, 2.05) is 0 Å². The Morgan fingerprint density at radius 2 is 2.07 bits per heavy atom. The number of anilines is 1. The molecule has 27 heavy (non-hydrogen) atoms. The maximum absolute atomic E-state index is 12.7. The fraction of sp³-hybridized carbons (Fsp3) is 0.235. The molecule has 142 valence electrons. The van der Waals surface area contributed by atoms with E-state index in [-0.39, 0.29) is 16.8 Å². The summed E-state index contributed by atoms with van der Waals surface area (Å²) in [5.74, 6) is -0.813. The first-order valence-electron chi connectivity index (χ1n) is 7.81. The molecule has 2 amide bonds. The van der Waals surface area contributed by atoms with Gasteiger partial charge in [0, 0.05) is 17.4 Å². The third-order valence-electron chi connectivity index (χ3n) is 3.74. The van der Waals surface area contributed by atoms with Gasteiger partial charge in [-0.1, -0.05) is 0 Å². The van der Waals surface area contributed by atoms with Crippen LogP contribution in [0.2, 0.25) is 0 Å². The fourth-order valence-corrected chi connectivity index (χ4v) is 2.49. The molecule has 1 unspecified atom stereocenters. The number of amides is 2. The van der Waals surface area contributed by atoms with Crippen LogP contribution in [0, 0.1) is 0 Å². The van der Waals surface area contributed by atoms with Crippen LogP contribution in [0.1, 0.15) is 24.4 Å². The molecule has 1 aromatic carbocycles. The molecule has 0 aliphatic rings. The van der Waals surface area contributed by atoms with Gasteiger partial charge in [-0.2, -0.15) is 13.2 Å². The first kappa shape index (κ1) is 18.5. The van der Waals surface area contributed by atoms with Crippen molar-refractivity contribution in [2.24, 2.45) is 0 Å². The molecule has 2 N–H and O–H groups in total. The average molecular weight is 380 g/mol. The fourth-order valence-electron chi connectivity index (χ4n) is 2.49. The van der Waals surface area contributed by atoms with E-state index in [9.17, 15) is 18.0 Å². The number of alkyl halides is 3. The predicted molar refractivity (Wildman–Crippen MR) is 90.4 cm³/mol. The van der Waals surface area contributed by atoms with Crippen molar-refractivity contribution in [2.75, 3.05) is 12.4 Å². The van der Waals surface area contributed by atoms with E-state index in [4.69, 9.17) is 4.74 Å². The minimum Gasteiger partial charge on any atom is -0.495 e. The van der Waals surface area contributed by atoms with Crippen molar-refractivity contribution < 1.29 is 27.1 Å². The van der Waals surface area contributed by atoms with E-state index < -0.39 is 24.1 Å². The first-order valence-corrected chi connectivity index (χ1v) is 7.81. The Morgan fingerprint density at radius 3 is 2.78 bits per heavy atom. The molecular formula is C17H15F3N4O3. The van der Waals surface area contributed by atoms with Crippen LogP contribution < -0.4 is 15.4 Å². The second-order valence-corrected chi connectivity index (χ2v) is 5.64. The Bertz CT molecular complexity index is 971. The van der Waals surface area contributed by atoms with Crippen LogP contribution in [0.3, 0.4) is 0 Å². The van der Waals surface area contributed by atoms with Crippen molar-refractivity contribution >= 4 is 22.8 Å². The van der Waals surface area contributed by atoms with Gasteiger partial charge in [-0.05, 0) is 31.2 Å². The van der Waals surface area contributed by atoms with E-state index >= 15 is 0 Å². The molecule has 10 heteroatoms. The van der Waals surface area contributed by atoms with Crippen LogP contribution in [0.5, 0.6) is 5.75 Å². The van der Waals surface area contributed by atoms with Gasteiger partial charge in [-0.25, -0.2) is 9.78 Å². The van der Waals surface area contributed by atoms with Crippen molar-refractivity contribution in [2.45, 2.75) is 19.1 Å². The number of aromatic nitrogens is 2. The lowest BCUT2D eigenvalue weighted by molar-refractivity contribution is -0.156. The third-order valence-corrected chi connectivity index (χ3v) is 3.74. The number of ether oxygens (including phenoxy) is 1. The highest BCUT2D eigenvalue weighted by Gasteiger charge is 2.37. The summed E-state index contributed by atoms with van der Waals surface area (Å²) in [5.41, 5.74) is 0.965. The average Bonchev–Trinajstić information content (AvgIpc) is 3.05. The number of hydrogen-bond acceptors (Lipinski definition) is 5. The number of oxazole rings is 1. The summed E-state index contributed by atoms with van der Waals surface area (Å²) >= 11 is 0. The quantitative estimate of drug-likeness (QED) is 0.710. The summed E-state index contributed by atoms with van der Waals surface area (Å²) in [6.07, 6.45) is -1.57. The molecule has 2 heterocycles. The van der Waals surface area contributed by atoms with Crippen LogP contribution in [-0.2, 0) is 6.18 Å². The molecule has 0 saturated heterocycles. The summed E-state index contributed by atoms with van der Waals surface area (Å²) in [6.45, 7) is 1.76. The number of pyridine rings is 1. The highest BCUT2D eigenvalue weighted by atomic mass is 19.4. The Labute approximate surface area is 151 Å². The topological polar surface area (TPSA) is 89.3 Å². The van der Waals surface area contributed by atoms with Crippen LogP contribution >= 0.6 is 0 Å². The smallest absolute Gasteiger partial charge is 0.468 e. The molecule has 0 saturated carbocycles. The van der Waals surface area contributed by atoms with Crippen molar-refractivity contribution in [3.63, 3.8) is 0 Å². The number of carbonyl (C=O) groups excluding carboxylic acids is 1. The Balaban J connectivity index is 1.72. The molecule has 0 aliphatic carbocycles. The molecule has 1 atom stereocenters. The minimum absolute atomic E-state index is 0.0102. The van der Waals surface area contributed by atoms with Gasteiger partial charge < -0.3 is 19.8 Å². The molecule has 0 aliphatic heterocycles. The van der Waals surface area contributed by atoms with E-state index in [1.165, 1.54) is 31.5 Å². The number of hydrogen-bond donors (Lipinski definition) is 2. The molecule has 0 radical (unpaired) electrons. The second kappa shape index (κ2) is 7.14. The number of carbonyl (C=O) groups is 1. The second-order valence-electron chi connectivity index (χ2n) is 5.64. The van der Waals surface area contributed by atoms with Gasteiger partial charge in [0.05, 0.1) is 19.3 Å². The van der Waals surface area contributed by atoms with Crippen LogP contribution in [0.15, 0.2) is 41.1 Å². The van der Waals surface area contributed by atoms with Gasteiger partial charge in [-0.3, -0.25) is 4.98 Å². The van der Waals surface area contributed by atoms with E-state index in [0.29, 0.717) is 5.75 Å². The highest BCUT2D eigenvalue weighted by Crippen LogP contribution is 2.32. The zero-order chi connectivity index (χ0) is 19.6. The zero-order valence-electron chi connectivity index (χ0n) is 14.3. The molecule has 0 bridgehead atoms. The minimum atomic E-state index is -4.68. The summed E-state index contributed by atoms with van der Waals surface area (Å²) in [6, 6.07) is 4.80. The summed E-state index contributed by atoms with van der Waals surface area (Å²) < 4.78 is 47.8. The number of nitrogens with one attached hydrogen (secondary N) is 2. The summed E-state index contributed by atoms with van der Waals surface area (Å²) in [4.78, 5) is 19.5. The number of nitrogens with zero attached hydrogens (tertiary/aromatic N) is 2. The van der Waals surface area contributed by atoms with E-state index in [1.54, 1.807) is 19.2 Å². The van der Waals surface area contributed by atoms with Gasteiger partial charge in [0.2, 0.25) is 0 Å². The van der Waals surface area contributed by atoms with Gasteiger partial charge in [-0.15, -0.1) is 0 Å². The zero-order valence-corrected chi connectivity index (χ0v) is 14.3. The highest BCUT2D eigenvalue weighted by molar-refractivity contribution is 5.91. The van der Waals surface area contributed by atoms with Gasteiger partial charge in [0.1, 0.15) is 11.3 Å². The molecule has 7 nitrogen and oxygen atoms in total. The van der Waals surface area contributed by atoms with Crippen LogP contribution in [0.4, 0.5) is 23.7 Å². The molecular weight excluding hydrogens is 365 g/mol. The molecule has 2 aromatic heterocycles. The Morgan fingerprint density at radius 1 is 1.30 bits per heavy atom. The largest absolute Gasteiger partial charge is 0.495 e. The molecule has 3 rings (SSSR count). The van der Waals surface area contributed by atoms with E-state index in [2.05, 4.69) is 25.0 Å². The van der Waals surface area contributed by atoms with Crippen LogP contribution in [-0.4, -0.2) is 23.1 Å². The standard InChI is InChI=1S/C17H15F3N4O3/c1-9(11-5-6-21-8-14(11)26-2)22-16(25)23-10-3-4-13-12(7-10)24-15(27-13)17(18,19)20/h3-9H,1-2H3,(H2,22,23,25). The van der Waals surface area contributed by atoms with Crippen molar-refractivity contribution in [1.29, 1.82) is 0 Å². The molecule has 0 spiro atoms. The molecule has 3 aromatic rings. The maximum Gasteiger partial charge on any atom is 0.468 e. The monoisotopic (exact) mass is 380 g/mol. The predicted octanol–water partition coefficient (Wildman–Crippen LogP) is 4.13. The Hall–Kier alpha value is -3.30. The lowest BCUT2D eigenvalue weighted by Gasteiger charge is -2.17. The SMILES string of the molecule is COc1cnccc1C(C)NC(=O)Nc1ccc2oc(C(F)(F)F)nc2c1. The Kier molecular flexibility index (Phi) is 4.89. The molecule has 0 fully saturated rings. The summed E-state index contributed by atoms with van der Waals surface area (Å²) in [7, 11) is 1.50. The van der Waals surface area contributed by atoms with Crippen molar-refractivity contribution in [3.8, 4) is 5.75 Å².